The van der Waals surface area contributed by atoms with Gasteiger partial charge in [-0.05, 0) is 57.0 Å². The second-order valence-corrected chi connectivity index (χ2v) is 8.53. The van der Waals surface area contributed by atoms with Crippen molar-refractivity contribution in [3.63, 3.8) is 0 Å². The Bertz CT molecular complexity index is 790. The van der Waals surface area contributed by atoms with Crippen molar-refractivity contribution in [1.82, 2.24) is 9.62 Å². The number of ether oxygens (including phenoxy) is 1. The van der Waals surface area contributed by atoms with E-state index in [4.69, 9.17) is 16.3 Å². The van der Waals surface area contributed by atoms with Gasteiger partial charge in [0.05, 0.1) is 6.61 Å². The number of carbonyl (C=O) groups excluding carboxylic acids is 1. The average Bonchev–Trinajstić information content (AvgIpc) is 2.62. The predicted molar refractivity (Wildman–Crippen MR) is 97.4 cm³/mol. The van der Waals surface area contributed by atoms with E-state index in [1.807, 2.05) is 0 Å². The molecule has 0 saturated carbocycles. The minimum atomic E-state index is -4.56. The van der Waals surface area contributed by atoms with Gasteiger partial charge in [0.2, 0.25) is 0 Å². The molecule has 0 aromatic heterocycles. The third-order valence-electron chi connectivity index (χ3n) is 4.96. The van der Waals surface area contributed by atoms with Gasteiger partial charge in [-0.2, -0.15) is 13.1 Å². The van der Waals surface area contributed by atoms with E-state index in [9.17, 15) is 17.6 Å². The fraction of sp³-hybridized carbons (Fsp3) is 0.588. The molecule has 1 amide bonds. The molecule has 3 rings (SSSR count). The maximum atomic E-state index is 13.6. The van der Waals surface area contributed by atoms with Gasteiger partial charge in [0.15, 0.2) is 11.6 Å². The number of nitrogens with one attached hydrogen (secondary N) is 1. The number of piperidine rings is 2. The Kier molecular flexibility index (Phi) is 6.44. The Labute approximate surface area is 163 Å². The minimum absolute atomic E-state index is 0.0915. The van der Waals surface area contributed by atoms with Crippen LogP contribution in [-0.2, 0) is 15.0 Å². The van der Waals surface area contributed by atoms with Crippen LogP contribution in [0.1, 0.15) is 32.1 Å². The fourth-order valence-corrected chi connectivity index (χ4v) is 4.60. The van der Waals surface area contributed by atoms with E-state index < -0.39 is 28.0 Å². The quantitative estimate of drug-likeness (QED) is 0.787. The summed E-state index contributed by atoms with van der Waals surface area (Å²) in [4.78, 5) is 14.3. The molecule has 7 nitrogen and oxygen atoms in total. The third kappa shape index (κ3) is 5.46. The van der Waals surface area contributed by atoms with Crippen molar-refractivity contribution in [2.45, 2.75) is 38.1 Å². The summed E-state index contributed by atoms with van der Waals surface area (Å²) >= 11 is 5.60. The second-order valence-electron chi connectivity index (χ2n) is 6.81. The zero-order chi connectivity index (χ0) is 19.4. The van der Waals surface area contributed by atoms with Gasteiger partial charge < -0.3 is 8.92 Å². The lowest BCUT2D eigenvalue weighted by Crippen LogP contribution is -2.49. The van der Waals surface area contributed by atoms with E-state index in [1.54, 1.807) is 4.72 Å². The van der Waals surface area contributed by atoms with Gasteiger partial charge in [0.25, 0.3) is 0 Å². The van der Waals surface area contributed by atoms with Crippen LogP contribution in [0.25, 0.3) is 0 Å². The van der Waals surface area contributed by atoms with Crippen LogP contribution in [0.4, 0.5) is 9.18 Å². The van der Waals surface area contributed by atoms with Crippen LogP contribution >= 0.6 is 11.6 Å². The molecule has 1 aromatic carbocycles. The van der Waals surface area contributed by atoms with E-state index in [2.05, 4.69) is 9.08 Å². The zero-order valence-electron chi connectivity index (χ0n) is 14.7. The maximum Gasteiger partial charge on any atom is 0.423 e. The summed E-state index contributed by atoms with van der Waals surface area (Å²) < 4.78 is 48.7. The maximum absolute atomic E-state index is 13.6. The Morgan fingerprint density at radius 3 is 2.81 bits per heavy atom. The molecule has 150 valence electrons. The van der Waals surface area contributed by atoms with Crippen LogP contribution in [0, 0.1) is 11.7 Å². The van der Waals surface area contributed by atoms with Gasteiger partial charge >= 0.3 is 16.4 Å². The molecule has 1 aromatic rings. The van der Waals surface area contributed by atoms with Crippen LogP contribution in [0.15, 0.2) is 18.2 Å². The molecule has 0 bridgehead atoms. The van der Waals surface area contributed by atoms with Gasteiger partial charge in [-0.25, -0.2) is 9.18 Å². The smallest absolute Gasteiger partial charge is 0.423 e. The number of carbonyl (C=O) groups is 1. The Morgan fingerprint density at radius 2 is 2.04 bits per heavy atom. The van der Waals surface area contributed by atoms with Crippen molar-refractivity contribution in [2.75, 3.05) is 19.7 Å². The number of hydrogen-bond acceptors (Lipinski definition) is 6. The zero-order valence-corrected chi connectivity index (χ0v) is 16.3. The third-order valence-corrected chi connectivity index (χ3v) is 6.01. The van der Waals surface area contributed by atoms with Gasteiger partial charge in [-0.3, -0.25) is 4.90 Å². The van der Waals surface area contributed by atoms with Gasteiger partial charge in [0.1, 0.15) is 0 Å². The molecule has 2 atom stereocenters. The Balaban J connectivity index is 1.52. The highest BCUT2D eigenvalue weighted by Crippen LogP contribution is 2.31. The standard InChI is InChI=1S/C17H22ClFN2O5S/c18-13-6-7-16(14(19)10-13)26-27(23,24)20-17(22)25-11-12-4-3-9-21-8-2-1-5-15(12)21/h6-7,10,12,15H,1-5,8-9,11H2,(H,20,22)/t12-,15-/m1/s1. The van der Waals surface area contributed by atoms with E-state index in [0.29, 0.717) is 6.04 Å². The van der Waals surface area contributed by atoms with Crippen molar-refractivity contribution in [2.24, 2.45) is 5.92 Å². The lowest BCUT2D eigenvalue weighted by molar-refractivity contribution is 0.0244. The first-order chi connectivity index (χ1) is 12.8. The summed E-state index contributed by atoms with van der Waals surface area (Å²) in [6.07, 6.45) is 4.22. The molecule has 2 saturated heterocycles. The second kappa shape index (κ2) is 8.62. The highest BCUT2D eigenvalue weighted by Gasteiger charge is 2.34. The van der Waals surface area contributed by atoms with Crippen LogP contribution < -0.4 is 8.91 Å². The van der Waals surface area contributed by atoms with Gasteiger partial charge in [-0.1, -0.05) is 18.0 Å². The topological polar surface area (TPSA) is 84.9 Å². The molecule has 2 aliphatic heterocycles. The highest BCUT2D eigenvalue weighted by atomic mass is 35.5. The molecule has 2 fully saturated rings. The summed E-state index contributed by atoms with van der Waals surface area (Å²) in [5.74, 6) is -1.34. The summed E-state index contributed by atoms with van der Waals surface area (Å²) in [6.45, 7) is 2.25. The number of nitrogens with zero attached hydrogens (tertiary/aromatic N) is 1. The first-order valence-electron chi connectivity index (χ1n) is 8.92. The number of hydrogen-bond donors (Lipinski definition) is 1. The molecule has 0 aliphatic carbocycles. The molecular formula is C17H22ClFN2O5S. The van der Waals surface area contributed by atoms with Crippen molar-refractivity contribution in [3.8, 4) is 5.75 Å². The molecule has 27 heavy (non-hydrogen) atoms. The molecule has 0 spiro atoms. The average molecular weight is 421 g/mol. The van der Waals surface area contributed by atoms with E-state index in [1.165, 1.54) is 12.5 Å². The normalized spacial score (nSPS) is 23.3. The number of fused-ring (bicyclic) bond motifs is 1. The number of amides is 1. The van der Waals surface area contributed by atoms with Crippen molar-refractivity contribution < 1.29 is 26.5 Å². The lowest BCUT2D eigenvalue weighted by atomic mass is 9.84. The summed E-state index contributed by atoms with van der Waals surface area (Å²) in [5.41, 5.74) is 0. The van der Waals surface area contributed by atoms with Crippen LogP contribution in [0.3, 0.4) is 0 Å². The molecule has 10 heteroatoms. The largest absolute Gasteiger partial charge is 0.448 e. The number of halogens is 2. The molecule has 0 radical (unpaired) electrons. The Morgan fingerprint density at radius 1 is 1.26 bits per heavy atom. The Hall–Kier alpha value is -1.58. The molecule has 0 unspecified atom stereocenters. The van der Waals surface area contributed by atoms with Crippen molar-refractivity contribution in [3.05, 3.63) is 29.0 Å². The van der Waals surface area contributed by atoms with E-state index in [-0.39, 0.29) is 17.5 Å². The SMILES string of the molecule is O=C(NS(=O)(=O)Oc1ccc(Cl)cc1F)OC[C@H]1CCCN2CCCC[C@H]12. The van der Waals surface area contributed by atoms with Gasteiger partial charge in [0, 0.05) is 17.0 Å². The molecule has 2 aliphatic rings. The summed E-state index contributed by atoms with van der Waals surface area (Å²) in [7, 11) is -4.56. The lowest BCUT2D eigenvalue weighted by Gasteiger charge is -2.44. The summed E-state index contributed by atoms with van der Waals surface area (Å²) in [6, 6.07) is 3.61. The van der Waals surface area contributed by atoms with Crippen LogP contribution in [-0.4, -0.2) is 45.1 Å². The molecular weight excluding hydrogens is 399 g/mol. The van der Waals surface area contributed by atoms with Crippen molar-refractivity contribution in [1.29, 1.82) is 0 Å². The number of benzene rings is 1. The molecule has 2 heterocycles. The van der Waals surface area contributed by atoms with Crippen LogP contribution in [0.2, 0.25) is 5.02 Å². The monoisotopic (exact) mass is 420 g/mol. The predicted octanol–water partition coefficient (Wildman–Crippen LogP) is 3.09. The highest BCUT2D eigenvalue weighted by molar-refractivity contribution is 7.85. The van der Waals surface area contributed by atoms with E-state index in [0.717, 1.165) is 50.9 Å². The molecule has 1 N–H and O–H groups in total. The first-order valence-corrected chi connectivity index (χ1v) is 10.7. The summed E-state index contributed by atoms with van der Waals surface area (Å²) in [5, 5.41) is 0.0915. The van der Waals surface area contributed by atoms with Crippen molar-refractivity contribution >= 4 is 28.0 Å². The fourth-order valence-electron chi connectivity index (χ4n) is 3.77. The number of rotatable bonds is 5. The minimum Gasteiger partial charge on any atom is -0.448 e. The van der Waals surface area contributed by atoms with Gasteiger partial charge in [-0.15, -0.1) is 0 Å². The first kappa shape index (κ1) is 20.2. The van der Waals surface area contributed by atoms with Crippen LogP contribution in [0.5, 0.6) is 5.75 Å². The van der Waals surface area contributed by atoms with E-state index >= 15 is 0 Å².